The molecular weight excluding hydrogens is 224 g/mol. The van der Waals surface area contributed by atoms with Crippen molar-refractivity contribution in [2.24, 2.45) is 0 Å². The Labute approximate surface area is 109 Å². The van der Waals surface area contributed by atoms with Crippen molar-refractivity contribution in [2.75, 3.05) is 6.54 Å². The molecule has 0 aliphatic rings. The molecule has 0 bridgehead atoms. The van der Waals surface area contributed by atoms with Crippen LogP contribution in [0.15, 0.2) is 28.9 Å². The van der Waals surface area contributed by atoms with Gasteiger partial charge in [-0.2, -0.15) is 0 Å². The van der Waals surface area contributed by atoms with Crippen molar-refractivity contribution in [2.45, 2.75) is 40.3 Å². The van der Waals surface area contributed by atoms with E-state index in [1.165, 1.54) is 17.0 Å². The van der Waals surface area contributed by atoms with Gasteiger partial charge >= 0.3 is 0 Å². The van der Waals surface area contributed by atoms with Crippen LogP contribution in [-0.4, -0.2) is 11.1 Å². The number of rotatable bonds is 6. The Balaban J connectivity index is 1.83. The summed E-state index contributed by atoms with van der Waals surface area (Å²) in [5.74, 6) is 1.04. The summed E-state index contributed by atoms with van der Waals surface area (Å²) >= 11 is 0. The molecule has 0 aliphatic carbocycles. The van der Waals surface area contributed by atoms with Gasteiger partial charge in [0.05, 0.1) is 6.26 Å². The highest BCUT2D eigenvalue weighted by atomic mass is 16.3. The van der Waals surface area contributed by atoms with Gasteiger partial charge in [-0.15, -0.1) is 0 Å². The Bertz CT molecular complexity index is 483. The largest absolute Gasteiger partial charge is 0.469 e. The number of nitrogens with one attached hydrogen (secondary N) is 1. The predicted molar refractivity (Wildman–Crippen MR) is 73.7 cm³/mol. The Morgan fingerprint density at radius 3 is 2.78 bits per heavy atom. The fraction of sp³-hybridized carbons (Fsp3) is 0.467. The summed E-state index contributed by atoms with van der Waals surface area (Å²) in [7, 11) is 0. The molecule has 0 radical (unpaired) electrons. The molecule has 0 unspecified atom stereocenters. The zero-order chi connectivity index (χ0) is 13.0. The standard InChI is InChI=1S/C15H22N2O/c1-4-17-12(2)10-14(13(17)3)11-16-8-7-15-6-5-9-18-15/h5-6,9-10,16H,4,7-8,11H2,1-3H3. The van der Waals surface area contributed by atoms with E-state index in [9.17, 15) is 0 Å². The highest BCUT2D eigenvalue weighted by Crippen LogP contribution is 2.14. The molecule has 0 fully saturated rings. The van der Waals surface area contributed by atoms with E-state index in [1.54, 1.807) is 6.26 Å². The smallest absolute Gasteiger partial charge is 0.105 e. The maximum Gasteiger partial charge on any atom is 0.105 e. The minimum Gasteiger partial charge on any atom is -0.469 e. The SMILES string of the molecule is CCn1c(C)cc(CNCCc2ccco2)c1C. The lowest BCUT2D eigenvalue weighted by atomic mass is 10.2. The van der Waals surface area contributed by atoms with Gasteiger partial charge in [0.15, 0.2) is 0 Å². The van der Waals surface area contributed by atoms with Crippen molar-refractivity contribution in [3.63, 3.8) is 0 Å². The number of aromatic nitrogens is 1. The van der Waals surface area contributed by atoms with Crippen LogP contribution in [0, 0.1) is 13.8 Å². The lowest BCUT2D eigenvalue weighted by Crippen LogP contribution is -2.17. The first-order valence-corrected chi connectivity index (χ1v) is 6.61. The number of furan rings is 1. The summed E-state index contributed by atoms with van der Waals surface area (Å²) in [6.45, 7) is 9.48. The molecule has 0 atom stereocenters. The van der Waals surface area contributed by atoms with Crippen LogP contribution in [0.4, 0.5) is 0 Å². The second kappa shape index (κ2) is 5.91. The van der Waals surface area contributed by atoms with Gasteiger partial charge in [-0.3, -0.25) is 0 Å². The van der Waals surface area contributed by atoms with Gasteiger partial charge in [-0.1, -0.05) is 0 Å². The molecule has 2 aromatic rings. The molecule has 0 aliphatic heterocycles. The van der Waals surface area contributed by atoms with Crippen molar-refractivity contribution in [3.8, 4) is 0 Å². The first-order chi connectivity index (χ1) is 8.72. The van der Waals surface area contributed by atoms with Crippen molar-refractivity contribution in [1.29, 1.82) is 0 Å². The number of nitrogens with zero attached hydrogens (tertiary/aromatic N) is 1. The van der Waals surface area contributed by atoms with E-state index in [2.05, 4.69) is 36.7 Å². The number of aryl methyl sites for hydroxylation is 1. The molecule has 18 heavy (non-hydrogen) atoms. The van der Waals surface area contributed by atoms with Crippen LogP contribution in [0.3, 0.4) is 0 Å². The Hall–Kier alpha value is -1.48. The summed E-state index contributed by atoms with van der Waals surface area (Å²) in [5, 5.41) is 3.47. The first-order valence-electron chi connectivity index (χ1n) is 6.61. The zero-order valence-electron chi connectivity index (χ0n) is 11.5. The second-order valence-corrected chi connectivity index (χ2v) is 4.65. The molecule has 2 heterocycles. The fourth-order valence-electron chi connectivity index (χ4n) is 2.43. The van der Waals surface area contributed by atoms with Crippen LogP contribution in [0.5, 0.6) is 0 Å². The van der Waals surface area contributed by atoms with Crippen LogP contribution >= 0.6 is 0 Å². The third kappa shape index (κ3) is 2.85. The summed E-state index contributed by atoms with van der Waals surface area (Å²) in [6.07, 6.45) is 2.67. The summed E-state index contributed by atoms with van der Waals surface area (Å²) in [4.78, 5) is 0. The normalized spacial score (nSPS) is 11.1. The first kappa shape index (κ1) is 13.0. The molecule has 3 heteroatoms. The topological polar surface area (TPSA) is 30.1 Å². The van der Waals surface area contributed by atoms with Gasteiger partial charge in [0.1, 0.15) is 5.76 Å². The molecule has 1 N–H and O–H groups in total. The van der Waals surface area contributed by atoms with Crippen LogP contribution in [0.1, 0.15) is 29.6 Å². The Morgan fingerprint density at radius 1 is 1.33 bits per heavy atom. The van der Waals surface area contributed by atoms with E-state index in [0.29, 0.717) is 0 Å². The lowest BCUT2D eigenvalue weighted by molar-refractivity contribution is 0.498. The van der Waals surface area contributed by atoms with Gasteiger partial charge < -0.3 is 14.3 Å². The van der Waals surface area contributed by atoms with E-state index in [0.717, 1.165) is 31.8 Å². The van der Waals surface area contributed by atoms with Gasteiger partial charge in [0.2, 0.25) is 0 Å². The molecule has 3 nitrogen and oxygen atoms in total. The van der Waals surface area contributed by atoms with Gasteiger partial charge in [0, 0.05) is 37.4 Å². The van der Waals surface area contributed by atoms with Gasteiger partial charge in [-0.05, 0) is 44.5 Å². The minimum absolute atomic E-state index is 0.931. The zero-order valence-corrected chi connectivity index (χ0v) is 11.5. The van der Waals surface area contributed by atoms with Crippen LogP contribution < -0.4 is 5.32 Å². The van der Waals surface area contributed by atoms with E-state index in [1.807, 2.05) is 12.1 Å². The van der Waals surface area contributed by atoms with Crippen LogP contribution in [0.2, 0.25) is 0 Å². The molecule has 2 aromatic heterocycles. The predicted octanol–water partition coefficient (Wildman–Crippen LogP) is 3.05. The molecule has 0 saturated carbocycles. The summed E-state index contributed by atoms with van der Waals surface area (Å²) in [6, 6.07) is 6.23. The highest BCUT2D eigenvalue weighted by molar-refractivity contribution is 5.26. The van der Waals surface area contributed by atoms with Crippen molar-refractivity contribution >= 4 is 0 Å². The Morgan fingerprint density at radius 2 is 2.17 bits per heavy atom. The van der Waals surface area contributed by atoms with E-state index in [4.69, 9.17) is 4.42 Å². The van der Waals surface area contributed by atoms with Gasteiger partial charge in [-0.25, -0.2) is 0 Å². The lowest BCUT2D eigenvalue weighted by Gasteiger charge is -2.06. The van der Waals surface area contributed by atoms with Crippen LogP contribution in [0.25, 0.3) is 0 Å². The number of hydrogen-bond acceptors (Lipinski definition) is 2. The minimum atomic E-state index is 0.931. The summed E-state index contributed by atoms with van der Waals surface area (Å²) in [5.41, 5.74) is 4.12. The van der Waals surface area contributed by atoms with Crippen molar-refractivity contribution < 1.29 is 4.42 Å². The average Bonchev–Trinajstić information content (AvgIpc) is 2.94. The quantitative estimate of drug-likeness (QED) is 0.794. The highest BCUT2D eigenvalue weighted by Gasteiger charge is 2.06. The van der Waals surface area contributed by atoms with Gasteiger partial charge in [0.25, 0.3) is 0 Å². The Kier molecular flexibility index (Phi) is 4.26. The molecule has 0 saturated heterocycles. The maximum atomic E-state index is 5.31. The fourth-order valence-corrected chi connectivity index (χ4v) is 2.43. The third-order valence-electron chi connectivity index (χ3n) is 3.44. The van der Waals surface area contributed by atoms with E-state index >= 15 is 0 Å². The second-order valence-electron chi connectivity index (χ2n) is 4.65. The van der Waals surface area contributed by atoms with Crippen molar-refractivity contribution in [3.05, 3.63) is 47.2 Å². The molecule has 98 valence electrons. The number of hydrogen-bond donors (Lipinski definition) is 1. The maximum absolute atomic E-state index is 5.31. The molecular formula is C15H22N2O. The molecule has 2 rings (SSSR count). The van der Waals surface area contributed by atoms with Crippen LogP contribution in [-0.2, 0) is 19.5 Å². The third-order valence-corrected chi connectivity index (χ3v) is 3.44. The molecule has 0 amide bonds. The van der Waals surface area contributed by atoms with E-state index < -0.39 is 0 Å². The van der Waals surface area contributed by atoms with Crippen molar-refractivity contribution in [1.82, 2.24) is 9.88 Å². The average molecular weight is 246 g/mol. The summed E-state index contributed by atoms with van der Waals surface area (Å²) < 4.78 is 7.66. The monoisotopic (exact) mass is 246 g/mol. The molecule has 0 spiro atoms. The molecule has 0 aromatic carbocycles. The van der Waals surface area contributed by atoms with E-state index in [-0.39, 0.29) is 0 Å².